The van der Waals surface area contributed by atoms with Crippen molar-refractivity contribution >= 4 is 38.6 Å². The molecule has 4 rings (SSSR count). The zero-order chi connectivity index (χ0) is 21.5. The molecule has 0 saturated heterocycles. The first-order valence-electron chi connectivity index (χ1n) is 9.61. The van der Waals surface area contributed by atoms with Crippen molar-refractivity contribution in [2.45, 2.75) is 37.9 Å². The number of aromatic nitrogens is 2. The number of carbonyl (C=O) groups excluding carboxylic acids is 1. The van der Waals surface area contributed by atoms with Crippen LogP contribution in [-0.4, -0.2) is 15.5 Å². The number of carbonyl (C=O) groups is 1. The normalized spacial score (nSPS) is 19.7. The lowest BCUT2D eigenvalue weighted by atomic mass is 9.85. The lowest BCUT2D eigenvalue weighted by Crippen LogP contribution is -2.31. The smallest absolute Gasteiger partial charge is 0.326 e. The molecule has 1 aromatic heterocycles. The molecule has 30 heavy (non-hydrogen) atoms. The number of para-hydroxylation sites is 1. The summed E-state index contributed by atoms with van der Waals surface area (Å²) in [5.41, 5.74) is 0.996. The molecule has 1 aliphatic carbocycles. The molecule has 9 heteroatoms. The predicted octanol–water partition coefficient (Wildman–Crippen LogP) is 5.48. The van der Waals surface area contributed by atoms with Crippen LogP contribution in [0.4, 0.5) is 18.9 Å². The van der Waals surface area contributed by atoms with E-state index >= 15 is 0 Å². The van der Waals surface area contributed by atoms with E-state index in [1.54, 1.807) is 4.57 Å². The lowest BCUT2D eigenvalue weighted by molar-refractivity contribution is -0.137. The largest absolute Gasteiger partial charge is 0.416 e. The molecule has 2 N–H and O–H groups in total. The fourth-order valence-corrected chi connectivity index (χ4v) is 4.51. The van der Waals surface area contributed by atoms with Gasteiger partial charge in [-0.2, -0.15) is 13.2 Å². The van der Waals surface area contributed by atoms with Gasteiger partial charge in [0.2, 0.25) is 5.91 Å². The van der Waals surface area contributed by atoms with Crippen molar-refractivity contribution in [1.82, 2.24) is 9.55 Å². The molecule has 5 nitrogen and oxygen atoms in total. The summed E-state index contributed by atoms with van der Waals surface area (Å²) in [6, 6.07) is 10.1. The highest BCUT2D eigenvalue weighted by Crippen LogP contribution is 2.35. The van der Waals surface area contributed by atoms with Crippen LogP contribution in [0.3, 0.4) is 0 Å². The highest BCUT2D eigenvalue weighted by atomic mass is 79.9. The molecule has 0 radical (unpaired) electrons. The minimum absolute atomic E-state index is 0.00401. The Morgan fingerprint density at radius 1 is 1.07 bits per heavy atom. The molecule has 158 valence electrons. The first kappa shape index (κ1) is 20.7. The first-order chi connectivity index (χ1) is 14.2. The molecular formula is C21H19BrF3N3O2. The SMILES string of the molecule is O=c1[nH]c2c(Br)cccc2n1[C@H]1CC[C@@H](C(=O)Nc2ccc(C(F)(F)F)cc2)CC1. The van der Waals surface area contributed by atoms with E-state index in [1.807, 2.05) is 18.2 Å². The van der Waals surface area contributed by atoms with Gasteiger partial charge in [0.1, 0.15) is 0 Å². The van der Waals surface area contributed by atoms with Gasteiger partial charge in [0.15, 0.2) is 0 Å². The molecule has 1 amide bonds. The van der Waals surface area contributed by atoms with E-state index in [0.717, 1.165) is 27.6 Å². The number of benzene rings is 2. The number of nitrogens with one attached hydrogen (secondary N) is 2. The molecule has 3 aromatic rings. The summed E-state index contributed by atoms with van der Waals surface area (Å²) in [5, 5.41) is 2.70. The summed E-state index contributed by atoms with van der Waals surface area (Å²) in [7, 11) is 0. The van der Waals surface area contributed by atoms with Crippen LogP contribution in [0.25, 0.3) is 11.0 Å². The first-order valence-corrected chi connectivity index (χ1v) is 10.4. The second kappa shape index (κ2) is 7.94. The molecule has 1 saturated carbocycles. The average molecular weight is 482 g/mol. The lowest BCUT2D eigenvalue weighted by Gasteiger charge is -2.28. The number of amides is 1. The van der Waals surface area contributed by atoms with Crippen molar-refractivity contribution in [3.05, 3.63) is 63.0 Å². The summed E-state index contributed by atoms with van der Waals surface area (Å²) in [4.78, 5) is 27.9. The van der Waals surface area contributed by atoms with Gasteiger partial charge in [-0.25, -0.2) is 4.79 Å². The third kappa shape index (κ3) is 4.03. The maximum absolute atomic E-state index is 12.7. The fraction of sp³-hybridized carbons (Fsp3) is 0.333. The van der Waals surface area contributed by atoms with E-state index in [-0.39, 0.29) is 23.6 Å². The van der Waals surface area contributed by atoms with Gasteiger partial charge < -0.3 is 10.3 Å². The molecule has 0 bridgehead atoms. The van der Waals surface area contributed by atoms with Crippen LogP contribution >= 0.6 is 15.9 Å². The number of aromatic amines is 1. The van der Waals surface area contributed by atoms with Gasteiger partial charge in [-0.05, 0) is 78.0 Å². The van der Waals surface area contributed by atoms with E-state index in [0.29, 0.717) is 31.4 Å². The summed E-state index contributed by atoms with van der Waals surface area (Å²) in [5.74, 6) is -0.446. The van der Waals surface area contributed by atoms with E-state index in [4.69, 9.17) is 0 Å². The molecule has 1 aliphatic rings. The van der Waals surface area contributed by atoms with Crippen molar-refractivity contribution in [3.63, 3.8) is 0 Å². The van der Waals surface area contributed by atoms with E-state index in [2.05, 4.69) is 26.2 Å². The Morgan fingerprint density at radius 3 is 2.37 bits per heavy atom. The van der Waals surface area contributed by atoms with Crippen molar-refractivity contribution in [1.29, 1.82) is 0 Å². The van der Waals surface area contributed by atoms with Crippen LogP contribution in [0.15, 0.2) is 51.7 Å². The Bertz CT molecular complexity index is 1130. The number of hydrogen-bond acceptors (Lipinski definition) is 2. The standard InChI is InChI=1S/C21H19BrF3N3O2/c22-16-2-1-3-17-18(16)27-20(30)28(17)15-10-4-12(5-11-15)19(29)26-14-8-6-13(7-9-14)21(23,24)25/h1-3,6-9,12,15H,4-5,10-11H2,(H,26,29)(H,27,30)/t12-,15+. The Morgan fingerprint density at radius 2 is 1.73 bits per heavy atom. The summed E-state index contributed by atoms with van der Waals surface area (Å²) >= 11 is 3.44. The average Bonchev–Trinajstić information content (AvgIpc) is 3.05. The van der Waals surface area contributed by atoms with Crippen molar-refractivity contribution in [3.8, 4) is 0 Å². The minimum Gasteiger partial charge on any atom is -0.326 e. The Hall–Kier alpha value is -2.55. The van der Waals surface area contributed by atoms with Crippen LogP contribution in [0.5, 0.6) is 0 Å². The number of anilines is 1. The summed E-state index contributed by atoms with van der Waals surface area (Å²) in [6.07, 6.45) is -1.86. The monoisotopic (exact) mass is 481 g/mol. The number of alkyl halides is 3. The number of fused-ring (bicyclic) bond motifs is 1. The zero-order valence-electron chi connectivity index (χ0n) is 15.8. The number of rotatable bonds is 3. The van der Waals surface area contributed by atoms with Gasteiger partial charge in [-0.3, -0.25) is 9.36 Å². The van der Waals surface area contributed by atoms with E-state index in [9.17, 15) is 22.8 Å². The Kier molecular flexibility index (Phi) is 5.48. The second-order valence-electron chi connectivity index (χ2n) is 7.50. The molecule has 0 aliphatic heterocycles. The van der Waals surface area contributed by atoms with Crippen molar-refractivity contribution in [2.24, 2.45) is 5.92 Å². The third-order valence-electron chi connectivity index (χ3n) is 5.61. The van der Waals surface area contributed by atoms with Crippen LogP contribution < -0.4 is 11.0 Å². The maximum atomic E-state index is 12.7. The Labute approximate surface area is 178 Å². The van der Waals surface area contributed by atoms with Gasteiger partial charge in [-0.1, -0.05) is 6.07 Å². The second-order valence-corrected chi connectivity index (χ2v) is 8.36. The number of H-pyrrole nitrogens is 1. The van der Waals surface area contributed by atoms with E-state index in [1.165, 1.54) is 12.1 Å². The van der Waals surface area contributed by atoms with Gasteiger partial charge in [0.25, 0.3) is 0 Å². The van der Waals surface area contributed by atoms with E-state index < -0.39 is 11.7 Å². The van der Waals surface area contributed by atoms with Crippen molar-refractivity contribution in [2.75, 3.05) is 5.32 Å². The quantitative estimate of drug-likeness (QED) is 0.519. The summed E-state index contributed by atoms with van der Waals surface area (Å²) < 4.78 is 40.5. The highest BCUT2D eigenvalue weighted by Gasteiger charge is 2.31. The number of nitrogens with zero attached hydrogens (tertiary/aromatic N) is 1. The molecule has 0 unspecified atom stereocenters. The fourth-order valence-electron chi connectivity index (χ4n) is 4.06. The Balaban J connectivity index is 1.41. The molecule has 2 aromatic carbocycles. The topological polar surface area (TPSA) is 66.9 Å². The molecule has 0 atom stereocenters. The molecule has 1 fully saturated rings. The third-order valence-corrected chi connectivity index (χ3v) is 6.28. The zero-order valence-corrected chi connectivity index (χ0v) is 17.4. The van der Waals surface area contributed by atoms with Crippen LogP contribution in [-0.2, 0) is 11.0 Å². The van der Waals surface area contributed by atoms with Gasteiger partial charge in [-0.15, -0.1) is 0 Å². The minimum atomic E-state index is -4.41. The van der Waals surface area contributed by atoms with Crippen LogP contribution in [0.2, 0.25) is 0 Å². The van der Waals surface area contributed by atoms with Crippen LogP contribution in [0.1, 0.15) is 37.3 Å². The van der Waals surface area contributed by atoms with Gasteiger partial charge in [0, 0.05) is 22.1 Å². The maximum Gasteiger partial charge on any atom is 0.416 e. The van der Waals surface area contributed by atoms with Gasteiger partial charge in [0.05, 0.1) is 16.6 Å². The van der Waals surface area contributed by atoms with Crippen molar-refractivity contribution < 1.29 is 18.0 Å². The van der Waals surface area contributed by atoms with Crippen LogP contribution in [0, 0.1) is 5.92 Å². The number of imidazole rings is 1. The highest BCUT2D eigenvalue weighted by molar-refractivity contribution is 9.10. The summed E-state index contributed by atoms with van der Waals surface area (Å²) in [6.45, 7) is 0. The number of halogens is 4. The molecule has 0 spiro atoms. The predicted molar refractivity (Wildman–Crippen MR) is 111 cm³/mol. The van der Waals surface area contributed by atoms with Gasteiger partial charge >= 0.3 is 11.9 Å². The molecule has 1 heterocycles. The molecular weight excluding hydrogens is 463 g/mol. The number of hydrogen-bond donors (Lipinski definition) is 2.